The van der Waals surface area contributed by atoms with Crippen LogP contribution in [0.1, 0.15) is 42.7 Å². The number of aromatic nitrogens is 3. The van der Waals surface area contributed by atoms with Gasteiger partial charge in [-0.15, -0.1) is 0 Å². The number of nitrogens with one attached hydrogen (secondary N) is 3. The topological polar surface area (TPSA) is 124 Å². The third-order valence-electron chi connectivity index (χ3n) is 8.94. The van der Waals surface area contributed by atoms with Gasteiger partial charge in [0.25, 0.3) is 0 Å². The predicted octanol–water partition coefficient (Wildman–Crippen LogP) is 4.49. The summed E-state index contributed by atoms with van der Waals surface area (Å²) in [6.45, 7) is 1.58. The highest BCUT2D eigenvalue weighted by atomic mass is 35.5. The van der Waals surface area contributed by atoms with Crippen molar-refractivity contribution >= 4 is 69.1 Å². The van der Waals surface area contributed by atoms with Crippen molar-refractivity contribution in [3.63, 3.8) is 0 Å². The minimum Gasteiger partial charge on any atom is -0.382 e. The van der Waals surface area contributed by atoms with E-state index >= 15 is 0 Å². The summed E-state index contributed by atoms with van der Waals surface area (Å²) in [5, 5.41) is 10.9. The maximum absolute atomic E-state index is 12.5. The number of halogens is 1. The van der Waals surface area contributed by atoms with Crippen LogP contribution in [0.15, 0.2) is 48.8 Å². The molecule has 2 aromatic carbocycles. The van der Waals surface area contributed by atoms with Crippen LogP contribution in [-0.4, -0.2) is 58.4 Å². The van der Waals surface area contributed by atoms with Crippen LogP contribution in [-0.2, 0) is 27.9 Å². The van der Waals surface area contributed by atoms with E-state index in [1.165, 1.54) is 0 Å². The van der Waals surface area contributed by atoms with Crippen LogP contribution in [0.2, 0.25) is 5.02 Å². The molecule has 3 amide bonds. The molecule has 3 aliphatic rings. The molecule has 12 heteroatoms. The molecular formula is C32H33ClN8O3. The van der Waals surface area contributed by atoms with Gasteiger partial charge in [-0.05, 0) is 60.7 Å². The monoisotopic (exact) mass is 612 g/mol. The van der Waals surface area contributed by atoms with E-state index in [-0.39, 0.29) is 29.7 Å². The summed E-state index contributed by atoms with van der Waals surface area (Å²) >= 11 is 6.46. The third-order valence-corrected chi connectivity index (χ3v) is 9.21. The number of aryl methyl sites for hydroxylation is 1. The zero-order valence-electron chi connectivity index (χ0n) is 24.6. The summed E-state index contributed by atoms with van der Waals surface area (Å²) in [4.78, 5) is 49.3. The predicted molar refractivity (Wildman–Crippen MR) is 171 cm³/mol. The number of piperidine rings is 2. The molecule has 2 aromatic heterocycles. The molecular weight excluding hydrogens is 580 g/mol. The normalized spacial score (nSPS) is 19.0. The van der Waals surface area contributed by atoms with E-state index in [4.69, 9.17) is 16.6 Å². The number of benzene rings is 2. The second-order valence-corrected chi connectivity index (χ2v) is 12.2. The molecule has 2 fully saturated rings. The van der Waals surface area contributed by atoms with Gasteiger partial charge in [0.1, 0.15) is 5.02 Å². The van der Waals surface area contributed by atoms with Gasteiger partial charge in [0, 0.05) is 68.3 Å². The quantitative estimate of drug-likeness (QED) is 0.272. The highest BCUT2D eigenvalue weighted by Crippen LogP contribution is 2.35. The van der Waals surface area contributed by atoms with Crippen molar-refractivity contribution in [1.29, 1.82) is 0 Å². The first-order chi connectivity index (χ1) is 21.2. The van der Waals surface area contributed by atoms with E-state index in [1.54, 1.807) is 18.1 Å². The van der Waals surface area contributed by atoms with Crippen molar-refractivity contribution in [2.24, 2.45) is 7.05 Å². The molecule has 5 heterocycles. The van der Waals surface area contributed by atoms with E-state index in [9.17, 15) is 14.4 Å². The Bertz CT molecular complexity index is 1810. The molecule has 0 saturated carbocycles. The summed E-state index contributed by atoms with van der Waals surface area (Å²) in [5.74, 6) is 0.499. The third kappa shape index (κ3) is 5.21. The van der Waals surface area contributed by atoms with Crippen molar-refractivity contribution in [2.45, 2.75) is 44.1 Å². The lowest BCUT2D eigenvalue weighted by Crippen LogP contribution is -2.40. The van der Waals surface area contributed by atoms with Gasteiger partial charge in [-0.25, -0.2) is 4.98 Å². The molecule has 0 bridgehead atoms. The Morgan fingerprint density at radius 3 is 2.59 bits per heavy atom. The second kappa shape index (κ2) is 11.1. The number of carbonyl (C=O) groups is 3. The number of hydrogen-bond acceptors (Lipinski definition) is 8. The van der Waals surface area contributed by atoms with Crippen molar-refractivity contribution in [3.8, 4) is 0 Å². The fraction of sp³-hybridized carbons (Fsp3) is 0.344. The molecule has 4 aromatic rings. The molecule has 7 rings (SSSR count). The largest absolute Gasteiger partial charge is 0.382 e. The van der Waals surface area contributed by atoms with E-state index in [1.807, 2.05) is 36.0 Å². The van der Waals surface area contributed by atoms with E-state index in [2.05, 4.69) is 44.0 Å². The lowest BCUT2D eigenvalue weighted by Gasteiger charge is -2.33. The van der Waals surface area contributed by atoms with Crippen LogP contribution in [0.4, 0.5) is 28.8 Å². The number of rotatable bonds is 6. The number of hydrogen-bond donors (Lipinski definition) is 3. The molecule has 3 aliphatic heterocycles. The smallest absolute Gasteiger partial charge is 0.234 e. The number of amides is 3. The van der Waals surface area contributed by atoms with Crippen LogP contribution in [0.25, 0.3) is 10.9 Å². The number of carbonyl (C=O) groups excluding carboxylic acids is 3. The first-order valence-corrected chi connectivity index (χ1v) is 15.2. The van der Waals surface area contributed by atoms with Crippen molar-refractivity contribution in [3.05, 3.63) is 64.9 Å². The first-order valence-electron chi connectivity index (χ1n) is 14.9. The number of nitrogens with zero attached hydrogens (tertiary/aromatic N) is 5. The average molecular weight is 613 g/mol. The van der Waals surface area contributed by atoms with Gasteiger partial charge >= 0.3 is 0 Å². The maximum atomic E-state index is 12.5. The fourth-order valence-electron chi connectivity index (χ4n) is 6.52. The highest BCUT2D eigenvalue weighted by Gasteiger charge is 2.30. The van der Waals surface area contributed by atoms with Crippen LogP contribution in [0.5, 0.6) is 0 Å². The number of likely N-dealkylation sites (N-methyl/N-ethyl adjacent to an activating group) is 1. The molecule has 1 unspecified atom stereocenters. The Balaban J connectivity index is 0.999. The fourth-order valence-corrected chi connectivity index (χ4v) is 6.65. The number of anilines is 5. The summed E-state index contributed by atoms with van der Waals surface area (Å²) in [5.41, 5.74) is 5.76. The maximum Gasteiger partial charge on any atom is 0.234 e. The van der Waals surface area contributed by atoms with Gasteiger partial charge in [-0.3, -0.25) is 19.7 Å². The highest BCUT2D eigenvalue weighted by molar-refractivity contribution is 6.32. The van der Waals surface area contributed by atoms with Gasteiger partial charge < -0.3 is 25.0 Å². The Labute approximate surface area is 259 Å². The SMILES string of the molecule is CN1C(=O)Cc2cc(Nc3nc(N4CCC(Nc5ccc6c(C7CCC(=O)NC7=O)cn(C)c6c5)CC4)ncc3Cl)ccc21. The van der Waals surface area contributed by atoms with Gasteiger partial charge in [-0.1, -0.05) is 17.7 Å². The van der Waals surface area contributed by atoms with Crippen molar-refractivity contribution in [1.82, 2.24) is 19.9 Å². The number of fused-ring (bicyclic) bond motifs is 2. The van der Waals surface area contributed by atoms with Gasteiger partial charge in [0.05, 0.1) is 24.1 Å². The molecule has 0 aliphatic carbocycles. The molecule has 3 N–H and O–H groups in total. The van der Waals surface area contributed by atoms with Crippen molar-refractivity contribution in [2.75, 3.05) is 40.6 Å². The van der Waals surface area contributed by atoms with Crippen LogP contribution < -0.4 is 25.8 Å². The summed E-state index contributed by atoms with van der Waals surface area (Å²) in [6, 6.07) is 12.4. The molecule has 44 heavy (non-hydrogen) atoms. The van der Waals surface area contributed by atoms with Crippen LogP contribution >= 0.6 is 11.6 Å². The Hall–Kier alpha value is -4.64. The zero-order chi connectivity index (χ0) is 30.5. The van der Waals surface area contributed by atoms with Gasteiger partial charge in [-0.2, -0.15) is 4.98 Å². The Kier molecular flexibility index (Phi) is 7.12. The number of imide groups is 1. The Morgan fingerprint density at radius 2 is 1.80 bits per heavy atom. The minimum absolute atomic E-state index is 0.0804. The standard InChI is InChI=1S/C32H33ClN8O3/c1-39-17-24(23-6-8-28(42)37-31(23)44)22-5-3-21(15-27(22)39)35-19-9-11-41(12-10-19)32-34-16-25(33)30(38-32)36-20-4-7-26-18(13-20)14-29(43)40(26)2/h3-5,7,13,15-17,19,23,35H,6,8-12,14H2,1-2H3,(H,34,36,38)(H,37,42,44). The summed E-state index contributed by atoms with van der Waals surface area (Å²) in [7, 11) is 3.77. The summed E-state index contributed by atoms with van der Waals surface area (Å²) < 4.78 is 2.05. The van der Waals surface area contributed by atoms with Crippen LogP contribution in [0.3, 0.4) is 0 Å². The zero-order valence-corrected chi connectivity index (χ0v) is 25.3. The van der Waals surface area contributed by atoms with E-state index < -0.39 is 0 Å². The summed E-state index contributed by atoms with van der Waals surface area (Å²) in [6.07, 6.45) is 6.73. The molecule has 1 atom stereocenters. The molecule has 11 nitrogen and oxygen atoms in total. The Morgan fingerprint density at radius 1 is 1.00 bits per heavy atom. The van der Waals surface area contributed by atoms with E-state index in [0.717, 1.165) is 65.0 Å². The van der Waals surface area contributed by atoms with Gasteiger partial charge in [0.15, 0.2) is 5.82 Å². The van der Waals surface area contributed by atoms with Gasteiger partial charge in [0.2, 0.25) is 23.7 Å². The van der Waals surface area contributed by atoms with Crippen molar-refractivity contribution < 1.29 is 14.4 Å². The first kappa shape index (κ1) is 28.1. The van der Waals surface area contributed by atoms with E-state index in [0.29, 0.717) is 36.1 Å². The minimum atomic E-state index is -0.313. The second-order valence-electron chi connectivity index (χ2n) is 11.8. The lowest BCUT2D eigenvalue weighted by molar-refractivity contribution is -0.134. The molecule has 226 valence electrons. The molecule has 2 saturated heterocycles. The molecule has 0 spiro atoms. The lowest BCUT2D eigenvalue weighted by atomic mass is 9.90. The van der Waals surface area contributed by atoms with Crippen LogP contribution in [0, 0.1) is 0 Å². The molecule has 0 radical (unpaired) electrons. The average Bonchev–Trinajstić information content (AvgIpc) is 3.48.